The lowest BCUT2D eigenvalue weighted by Gasteiger charge is -2.32. The Balaban J connectivity index is 1.52. The first-order valence-corrected chi connectivity index (χ1v) is 12.2. The van der Waals surface area contributed by atoms with Gasteiger partial charge in [0.05, 0.1) is 6.26 Å². The molecular formula is C21H29N3O3S. The molecule has 1 fully saturated rings. The van der Waals surface area contributed by atoms with Gasteiger partial charge in [-0.15, -0.1) is 0 Å². The Morgan fingerprint density at radius 2 is 2.04 bits per heavy atom. The van der Waals surface area contributed by atoms with Gasteiger partial charge in [0.15, 0.2) is 0 Å². The molecule has 0 radical (unpaired) electrons. The number of hydrogen-bond acceptors (Lipinski definition) is 3. The molecule has 2 aliphatic rings. The fraction of sp³-hybridized carbons (Fsp3) is 0.571. The number of sulfonamides is 1. The molecule has 2 heterocycles. The summed E-state index contributed by atoms with van der Waals surface area (Å²) in [5, 5.41) is 1.19. The van der Waals surface area contributed by atoms with E-state index in [2.05, 4.69) is 15.8 Å². The minimum Gasteiger partial charge on any atom is -0.358 e. The van der Waals surface area contributed by atoms with E-state index in [1.54, 1.807) is 0 Å². The van der Waals surface area contributed by atoms with E-state index in [4.69, 9.17) is 0 Å². The molecule has 1 saturated heterocycles. The molecule has 0 unspecified atom stereocenters. The number of amides is 1. The van der Waals surface area contributed by atoms with Crippen LogP contribution in [0.3, 0.4) is 0 Å². The average molecular weight is 404 g/mol. The largest absolute Gasteiger partial charge is 0.358 e. The van der Waals surface area contributed by atoms with Crippen molar-refractivity contribution in [3.8, 4) is 0 Å². The second kappa shape index (κ2) is 7.87. The maximum absolute atomic E-state index is 13.1. The second-order valence-corrected chi connectivity index (χ2v) is 10.1. The fourth-order valence-electron chi connectivity index (χ4n) is 4.58. The number of H-pyrrole nitrogens is 1. The van der Waals surface area contributed by atoms with Crippen LogP contribution >= 0.6 is 0 Å². The van der Waals surface area contributed by atoms with E-state index < -0.39 is 10.0 Å². The number of aromatic nitrogens is 1. The van der Waals surface area contributed by atoms with E-state index in [0.29, 0.717) is 13.1 Å². The number of likely N-dealkylation sites (tertiary alicyclic amines) is 1. The van der Waals surface area contributed by atoms with Crippen molar-refractivity contribution < 1.29 is 13.2 Å². The molecule has 1 amide bonds. The Morgan fingerprint density at radius 3 is 2.86 bits per heavy atom. The van der Waals surface area contributed by atoms with Crippen molar-refractivity contribution >= 4 is 26.8 Å². The molecule has 4 rings (SSSR count). The van der Waals surface area contributed by atoms with Crippen LogP contribution in [0.2, 0.25) is 0 Å². The van der Waals surface area contributed by atoms with Gasteiger partial charge in [-0.2, -0.15) is 0 Å². The van der Waals surface area contributed by atoms with Gasteiger partial charge in [-0.1, -0.05) is 6.42 Å². The van der Waals surface area contributed by atoms with Gasteiger partial charge in [-0.05, 0) is 68.2 Å². The quantitative estimate of drug-likeness (QED) is 0.770. The first kappa shape index (κ1) is 19.5. The molecule has 7 heteroatoms. The standard InChI is InChI=1S/C21H29N3O3S/c1-28(26,27)22-13-15-6-5-11-24(14-15)21(25)16-9-10-20-18(12-16)17-7-3-2-4-8-19(17)23-20/h9-10,12,15,22-23H,2-8,11,13-14H2,1H3/t15-/m0/s1. The van der Waals surface area contributed by atoms with Crippen molar-refractivity contribution in [1.82, 2.24) is 14.6 Å². The predicted molar refractivity (Wildman–Crippen MR) is 111 cm³/mol. The van der Waals surface area contributed by atoms with Crippen molar-refractivity contribution in [2.24, 2.45) is 5.92 Å². The Kier molecular flexibility index (Phi) is 5.47. The zero-order valence-electron chi connectivity index (χ0n) is 16.5. The smallest absolute Gasteiger partial charge is 0.253 e. The Labute approximate surface area is 166 Å². The van der Waals surface area contributed by atoms with Crippen LogP contribution in [0.4, 0.5) is 0 Å². The molecular weight excluding hydrogens is 374 g/mol. The van der Waals surface area contributed by atoms with Gasteiger partial charge < -0.3 is 9.88 Å². The van der Waals surface area contributed by atoms with Crippen LogP contribution in [-0.2, 0) is 22.9 Å². The molecule has 1 aromatic carbocycles. The third-order valence-corrected chi connectivity index (χ3v) is 6.73. The summed E-state index contributed by atoms with van der Waals surface area (Å²) in [5.74, 6) is 0.217. The number of carbonyl (C=O) groups is 1. The number of nitrogens with one attached hydrogen (secondary N) is 2. The van der Waals surface area contributed by atoms with Gasteiger partial charge in [-0.25, -0.2) is 13.1 Å². The summed E-state index contributed by atoms with van der Waals surface area (Å²) in [6.07, 6.45) is 8.89. The lowest BCUT2D eigenvalue weighted by Crippen LogP contribution is -2.43. The number of aryl methyl sites for hydroxylation is 2. The van der Waals surface area contributed by atoms with Crippen LogP contribution < -0.4 is 4.72 Å². The summed E-state index contributed by atoms with van der Waals surface area (Å²) in [7, 11) is -3.20. The maximum Gasteiger partial charge on any atom is 0.253 e. The number of benzene rings is 1. The Morgan fingerprint density at radius 1 is 1.21 bits per heavy atom. The third-order valence-electron chi connectivity index (χ3n) is 6.04. The molecule has 0 saturated carbocycles. The molecule has 2 N–H and O–H groups in total. The van der Waals surface area contributed by atoms with E-state index in [9.17, 15) is 13.2 Å². The summed E-state index contributed by atoms with van der Waals surface area (Å²) in [4.78, 5) is 18.6. The van der Waals surface area contributed by atoms with Crippen molar-refractivity contribution in [3.63, 3.8) is 0 Å². The lowest BCUT2D eigenvalue weighted by molar-refractivity contribution is 0.0676. The molecule has 1 aliphatic heterocycles. The molecule has 1 atom stereocenters. The topological polar surface area (TPSA) is 82.3 Å². The highest BCUT2D eigenvalue weighted by molar-refractivity contribution is 7.88. The van der Waals surface area contributed by atoms with Gasteiger partial charge in [-0.3, -0.25) is 4.79 Å². The highest BCUT2D eigenvalue weighted by Crippen LogP contribution is 2.30. The van der Waals surface area contributed by atoms with Crippen LogP contribution in [-0.4, -0.2) is 50.1 Å². The van der Waals surface area contributed by atoms with E-state index in [1.807, 2.05) is 17.0 Å². The first-order valence-electron chi connectivity index (χ1n) is 10.3. The van der Waals surface area contributed by atoms with Gasteiger partial charge in [0, 0.05) is 41.8 Å². The monoisotopic (exact) mass is 403 g/mol. The van der Waals surface area contributed by atoms with E-state index in [1.165, 1.54) is 42.2 Å². The number of hydrogen-bond donors (Lipinski definition) is 2. The zero-order chi connectivity index (χ0) is 19.7. The van der Waals surface area contributed by atoms with E-state index >= 15 is 0 Å². The van der Waals surface area contributed by atoms with Gasteiger partial charge in [0.1, 0.15) is 0 Å². The van der Waals surface area contributed by atoms with Crippen molar-refractivity contribution in [2.45, 2.75) is 44.9 Å². The second-order valence-electron chi connectivity index (χ2n) is 8.28. The normalized spacial score (nSPS) is 20.8. The minimum atomic E-state index is -3.20. The van der Waals surface area contributed by atoms with Crippen molar-refractivity contribution in [3.05, 3.63) is 35.0 Å². The SMILES string of the molecule is CS(=O)(=O)NC[C@@H]1CCCN(C(=O)c2ccc3[nH]c4c(c3c2)CCCCC4)C1. The van der Waals surface area contributed by atoms with E-state index in [0.717, 1.165) is 43.3 Å². The molecule has 2 aromatic rings. The van der Waals surface area contributed by atoms with Crippen LogP contribution in [0.25, 0.3) is 10.9 Å². The molecule has 28 heavy (non-hydrogen) atoms. The number of piperidine rings is 1. The third kappa shape index (κ3) is 4.25. The summed E-state index contributed by atoms with van der Waals surface area (Å²) in [6, 6.07) is 6.00. The number of aromatic amines is 1. The zero-order valence-corrected chi connectivity index (χ0v) is 17.3. The fourth-order valence-corrected chi connectivity index (χ4v) is 5.12. The van der Waals surface area contributed by atoms with Crippen LogP contribution in [0.15, 0.2) is 18.2 Å². The number of fused-ring (bicyclic) bond motifs is 3. The van der Waals surface area contributed by atoms with Crippen molar-refractivity contribution in [1.29, 1.82) is 0 Å². The predicted octanol–water partition coefficient (Wildman–Crippen LogP) is 2.84. The number of nitrogens with zero attached hydrogens (tertiary/aromatic N) is 1. The maximum atomic E-state index is 13.1. The van der Waals surface area contributed by atoms with Gasteiger partial charge in [0.2, 0.25) is 10.0 Å². The highest BCUT2D eigenvalue weighted by Gasteiger charge is 2.25. The number of carbonyl (C=O) groups excluding carboxylic acids is 1. The van der Waals surface area contributed by atoms with Gasteiger partial charge >= 0.3 is 0 Å². The number of rotatable bonds is 4. The summed E-state index contributed by atoms with van der Waals surface area (Å²) in [5.41, 5.74) is 4.57. The molecule has 6 nitrogen and oxygen atoms in total. The minimum absolute atomic E-state index is 0.0505. The van der Waals surface area contributed by atoms with Gasteiger partial charge in [0.25, 0.3) is 5.91 Å². The Hall–Kier alpha value is -1.86. The first-order chi connectivity index (χ1) is 13.4. The summed E-state index contributed by atoms with van der Waals surface area (Å²) in [6.45, 7) is 1.73. The van der Waals surface area contributed by atoms with Crippen LogP contribution in [0, 0.1) is 5.92 Å². The van der Waals surface area contributed by atoms with Crippen molar-refractivity contribution in [2.75, 3.05) is 25.9 Å². The van der Waals surface area contributed by atoms with Crippen LogP contribution in [0.5, 0.6) is 0 Å². The summed E-state index contributed by atoms with van der Waals surface area (Å²) >= 11 is 0. The lowest BCUT2D eigenvalue weighted by atomic mass is 9.97. The van der Waals surface area contributed by atoms with Crippen LogP contribution in [0.1, 0.15) is 53.7 Å². The van der Waals surface area contributed by atoms with E-state index in [-0.39, 0.29) is 11.8 Å². The molecule has 1 aromatic heterocycles. The molecule has 1 aliphatic carbocycles. The average Bonchev–Trinajstić information content (AvgIpc) is 2.85. The Bertz CT molecular complexity index is 980. The molecule has 152 valence electrons. The highest BCUT2D eigenvalue weighted by atomic mass is 32.2. The molecule has 0 spiro atoms. The summed E-state index contributed by atoms with van der Waals surface area (Å²) < 4.78 is 25.3. The molecule has 0 bridgehead atoms.